The van der Waals surface area contributed by atoms with E-state index in [4.69, 9.17) is 0 Å². The fourth-order valence-electron chi connectivity index (χ4n) is 1.59. The van der Waals surface area contributed by atoms with Gasteiger partial charge < -0.3 is 10.6 Å². The molecule has 1 aliphatic rings. The summed E-state index contributed by atoms with van der Waals surface area (Å²) in [4.78, 5) is 27.5. The van der Waals surface area contributed by atoms with E-state index in [2.05, 4.69) is 15.6 Å². The fraction of sp³-hybridized carbons (Fsp3) is 0.545. The number of aromatic nitrogens is 1. The highest BCUT2D eigenvalue weighted by Gasteiger charge is 2.29. The van der Waals surface area contributed by atoms with Crippen molar-refractivity contribution in [1.29, 1.82) is 0 Å². The SMILES string of the molecule is CC(=O)c1cnc(NC(=O)C(C)C2CNC2)s1. The number of thiazole rings is 1. The molecule has 0 aliphatic carbocycles. The number of Topliss-reactive ketones (excluding diaryl/α,β-unsaturated/α-hetero) is 1. The minimum atomic E-state index is -0.0285. The molecule has 2 N–H and O–H groups in total. The zero-order valence-corrected chi connectivity index (χ0v) is 10.6. The molecule has 0 aromatic carbocycles. The first kappa shape index (κ1) is 12.2. The van der Waals surface area contributed by atoms with E-state index >= 15 is 0 Å². The highest BCUT2D eigenvalue weighted by atomic mass is 32.1. The second kappa shape index (κ2) is 4.93. The van der Waals surface area contributed by atoms with Crippen LogP contribution in [-0.4, -0.2) is 29.8 Å². The number of carbonyl (C=O) groups excluding carboxylic acids is 2. The molecule has 92 valence electrons. The van der Waals surface area contributed by atoms with E-state index in [1.54, 1.807) is 0 Å². The van der Waals surface area contributed by atoms with Gasteiger partial charge in [-0.1, -0.05) is 18.3 Å². The van der Waals surface area contributed by atoms with Crippen LogP contribution in [0.3, 0.4) is 0 Å². The number of hydrogen-bond acceptors (Lipinski definition) is 5. The van der Waals surface area contributed by atoms with Crippen LogP contribution in [0.1, 0.15) is 23.5 Å². The average molecular weight is 253 g/mol. The number of ketones is 1. The van der Waals surface area contributed by atoms with Crippen LogP contribution in [0.15, 0.2) is 6.20 Å². The summed E-state index contributed by atoms with van der Waals surface area (Å²) in [6, 6.07) is 0. The maximum atomic E-state index is 11.9. The molecule has 0 saturated carbocycles. The lowest BCUT2D eigenvalue weighted by Gasteiger charge is -2.31. The molecule has 2 heterocycles. The smallest absolute Gasteiger partial charge is 0.229 e. The average Bonchev–Trinajstić information content (AvgIpc) is 2.63. The summed E-state index contributed by atoms with van der Waals surface area (Å²) in [6.45, 7) is 5.19. The second-order valence-electron chi connectivity index (χ2n) is 4.28. The lowest BCUT2D eigenvalue weighted by molar-refractivity contribution is -0.121. The van der Waals surface area contributed by atoms with Gasteiger partial charge in [-0.3, -0.25) is 9.59 Å². The summed E-state index contributed by atoms with van der Waals surface area (Å²) >= 11 is 1.22. The minimum Gasteiger partial charge on any atom is -0.316 e. The molecular formula is C11H15N3O2S. The molecule has 17 heavy (non-hydrogen) atoms. The number of nitrogens with one attached hydrogen (secondary N) is 2. The maximum absolute atomic E-state index is 11.9. The summed E-state index contributed by atoms with van der Waals surface area (Å²) in [6.07, 6.45) is 1.50. The Hall–Kier alpha value is -1.27. The Labute approximate surface area is 104 Å². The van der Waals surface area contributed by atoms with Gasteiger partial charge in [0.15, 0.2) is 10.9 Å². The minimum absolute atomic E-state index is 0.0269. The first-order chi connectivity index (χ1) is 8.08. The van der Waals surface area contributed by atoms with Gasteiger partial charge in [-0.25, -0.2) is 4.98 Å². The van der Waals surface area contributed by atoms with Gasteiger partial charge in [0.05, 0.1) is 11.1 Å². The molecule has 2 rings (SSSR count). The Morgan fingerprint density at radius 3 is 2.76 bits per heavy atom. The van der Waals surface area contributed by atoms with Crippen molar-refractivity contribution < 1.29 is 9.59 Å². The zero-order chi connectivity index (χ0) is 12.4. The van der Waals surface area contributed by atoms with E-state index < -0.39 is 0 Å². The highest BCUT2D eigenvalue weighted by molar-refractivity contribution is 7.17. The van der Waals surface area contributed by atoms with Gasteiger partial charge in [-0.2, -0.15) is 0 Å². The second-order valence-corrected chi connectivity index (χ2v) is 5.31. The van der Waals surface area contributed by atoms with E-state index in [0.717, 1.165) is 13.1 Å². The molecule has 1 aliphatic heterocycles. The number of amides is 1. The third-order valence-electron chi connectivity index (χ3n) is 3.02. The summed E-state index contributed by atoms with van der Waals surface area (Å²) in [7, 11) is 0. The molecule has 1 saturated heterocycles. The Morgan fingerprint density at radius 2 is 2.29 bits per heavy atom. The van der Waals surface area contributed by atoms with Gasteiger partial charge in [-0.05, 0) is 19.0 Å². The molecule has 1 atom stereocenters. The van der Waals surface area contributed by atoms with Crippen molar-refractivity contribution in [3.63, 3.8) is 0 Å². The van der Waals surface area contributed by atoms with E-state index in [9.17, 15) is 9.59 Å². The van der Waals surface area contributed by atoms with Gasteiger partial charge in [0.2, 0.25) is 5.91 Å². The standard InChI is InChI=1S/C11H15N3O2S/c1-6(8-3-12-4-8)10(16)14-11-13-5-9(17-11)7(2)15/h5-6,8,12H,3-4H2,1-2H3,(H,13,14,16). The van der Waals surface area contributed by atoms with Crippen LogP contribution in [0.4, 0.5) is 5.13 Å². The molecular weight excluding hydrogens is 238 g/mol. The number of anilines is 1. The summed E-state index contributed by atoms with van der Waals surface area (Å²) in [5.74, 6) is 0.323. The predicted molar refractivity (Wildman–Crippen MR) is 66.3 cm³/mol. The van der Waals surface area contributed by atoms with Gasteiger partial charge in [0.1, 0.15) is 0 Å². The van der Waals surface area contributed by atoms with Crippen molar-refractivity contribution in [1.82, 2.24) is 10.3 Å². The quantitative estimate of drug-likeness (QED) is 0.789. The summed E-state index contributed by atoms with van der Waals surface area (Å²) in [5.41, 5.74) is 0. The van der Waals surface area contributed by atoms with E-state index in [-0.39, 0.29) is 17.6 Å². The molecule has 1 unspecified atom stereocenters. The molecule has 1 aromatic heterocycles. The lowest BCUT2D eigenvalue weighted by Crippen LogP contribution is -2.48. The van der Waals surface area contributed by atoms with E-state index in [1.807, 2.05) is 6.92 Å². The summed E-state index contributed by atoms with van der Waals surface area (Å²) < 4.78 is 0. The fourth-order valence-corrected chi connectivity index (χ4v) is 2.31. The van der Waals surface area contributed by atoms with Crippen LogP contribution in [-0.2, 0) is 4.79 Å². The number of nitrogens with zero attached hydrogens (tertiary/aromatic N) is 1. The maximum Gasteiger partial charge on any atom is 0.229 e. The van der Waals surface area contributed by atoms with Gasteiger partial charge in [0.25, 0.3) is 0 Å². The zero-order valence-electron chi connectivity index (χ0n) is 9.82. The van der Waals surface area contributed by atoms with Crippen molar-refractivity contribution in [2.75, 3.05) is 18.4 Å². The van der Waals surface area contributed by atoms with Gasteiger partial charge in [0, 0.05) is 12.8 Å². The van der Waals surface area contributed by atoms with Crippen LogP contribution in [0.25, 0.3) is 0 Å². The van der Waals surface area contributed by atoms with Crippen LogP contribution in [0, 0.1) is 11.8 Å². The van der Waals surface area contributed by atoms with Crippen molar-refractivity contribution in [3.05, 3.63) is 11.1 Å². The van der Waals surface area contributed by atoms with Crippen molar-refractivity contribution in [2.24, 2.45) is 11.8 Å². The van der Waals surface area contributed by atoms with E-state index in [1.165, 1.54) is 24.5 Å². The summed E-state index contributed by atoms with van der Waals surface area (Å²) in [5, 5.41) is 6.40. The van der Waals surface area contributed by atoms with Gasteiger partial charge in [-0.15, -0.1) is 0 Å². The lowest BCUT2D eigenvalue weighted by atomic mass is 9.88. The predicted octanol–water partition coefficient (Wildman–Crippen LogP) is 1.14. The molecule has 0 bridgehead atoms. The van der Waals surface area contributed by atoms with Crippen molar-refractivity contribution >= 4 is 28.2 Å². The van der Waals surface area contributed by atoms with E-state index in [0.29, 0.717) is 15.9 Å². The van der Waals surface area contributed by atoms with Gasteiger partial charge >= 0.3 is 0 Å². The number of rotatable bonds is 4. The van der Waals surface area contributed by atoms with Crippen LogP contribution >= 0.6 is 11.3 Å². The van der Waals surface area contributed by atoms with Crippen molar-refractivity contribution in [2.45, 2.75) is 13.8 Å². The highest BCUT2D eigenvalue weighted by Crippen LogP contribution is 2.21. The number of carbonyl (C=O) groups is 2. The number of hydrogen-bond donors (Lipinski definition) is 2. The molecule has 1 fully saturated rings. The molecule has 1 aromatic rings. The molecule has 1 amide bonds. The largest absolute Gasteiger partial charge is 0.316 e. The Bertz CT molecular complexity index is 440. The third kappa shape index (κ3) is 2.70. The normalized spacial score (nSPS) is 17.3. The third-order valence-corrected chi connectivity index (χ3v) is 4.03. The first-order valence-corrected chi connectivity index (χ1v) is 6.38. The molecule has 0 radical (unpaired) electrons. The Morgan fingerprint density at radius 1 is 1.59 bits per heavy atom. The first-order valence-electron chi connectivity index (χ1n) is 5.56. The van der Waals surface area contributed by atoms with Crippen LogP contribution in [0.2, 0.25) is 0 Å². The topological polar surface area (TPSA) is 71.1 Å². The van der Waals surface area contributed by atoms with Crippen molar-refractivity contribution in [3.8, 4) is 0 Å². The molecule has 0 spiro atoms. The molecule has 5 nitrogen and oxygen atoms in total. The van der Waals surface area contributed by atoms with Crippen LogP contribution < -0.4 is 10.6 Å². The van der Waals surface area contributed by atoms with Crippen LogP contribution in [0.5, 0.6) is 0 Å². The Kier molecular flexibility index (Phi) is 3.54. The Balaban J connectivity index is 1.94. The monoisotopic (exact) mass is 253 g/mol. The molecule has 6 heteroatoms.